The molecule has 0 aliphatic rings. The van der Waals surface area contributed by atoms with E-state index in [9.17, 15) is 0 Å². The van der Waals surface area contributed by atoms with Gasteiger partial charge in [0.25, 0.3) is 5.17 Å². The summed E-state index contributed by atoms with van der Waals surface area (Å²) in [5, 5.41) is 0.0116. The number of thiocarbonyl (C=S) groups is 1. The van der Waals surface area contributed by atoms with E-state index in [0.29, 0.717) is 0 Å². The number of rotatable bonds is 1. The lowest BCUT2D eigenvalue weighted by molar-refractivity contribution is 0.212. The van der Waals surface area contributed by atoms with Gasteiger partial charge in [-0.15, -0.1) is 0 Å². The quantitative estimate of drug-likeness (QED) is 0.345. The van der Waals surface area contributed by atoms with Gasteiger partial charge in [-0.1, -0.05) is 0 Å². The molecule has 0 aliphatic carbocycles. The summed E-state index contributed by atoms with van der Waals surface area (Å²) in [5.74, 6) is 0. The smallest absolute Gasteiger partial charge is 0.275 e. The molecular formula is C2H6N2OS. The van der Waals surface area contributed by atoms with Crippen molar-refractivity contribution in [3.8, 4) is 0 Å². The van der Waals surface area contributed by atoms with E-state index in [0.717, 1.165) is 0 Å². The molecule has 3 N–H and O–H groups in total. The average molecular weight is 106 g/mol. The molecule has 0 aromatic rings. The van der Waals surface area contributed by atoms with Crippen molar-refractivity contribution in [1.29, 1.82) is 0 Å². The Morgan fingerprint density at radius 1 is 2.00 bits per heavy atom. The van der Waals surface area contributed by atoms with E-state index in [2.05, 4.69) is 22.5 Å². The summed E-state index contributed by atoms with van der Waals surface area (Å²) in [5.41, 5.74) is 7.15. The first-order chi connectivity index (χ1) is 2.77. The van der Waals surface area contributed by atoms with Crippen LogP contribution in [0.25, 0.3) is 0 Å². The largest absolute Gasteiger partial charge is 0.379 e. The van der Waals surface area contributed by atoms with Gasteiger partial charge in [0, 0.05) is 7.05 Å². The predicted octanol–water partition coefficient (Wildman–Crippen LogP) is -0.619. The minimum atomic E-state index is 0.0116. The number of nitrogens with one attached hydrogen (secondary N) is 1. The average Bonchev–Trinajstić information content (AvgIpc) is 1.35. The highest BCUT2D eigenvalue weighted by Gasteiger charge is 1.76. The molecule has 0 saturated carbocycles. The third-order valence-electron chi connectivity index (χ3n) is 0.203. The highest BCUT2D eigenvalue weighted by atomic mass is 32.1. The Morgan fingerprint density at radius 2 is 2.50 bits per heavy atom. The molecule has 0 saturated heterocycles. The van der Waals surface area contributed by atoms with Crippen molar-refractivity contribution in [2.75, 3.05) is 7.05 Å². The fraction of sp³-hybridized carbons (Fsp3) is 0.500. The minimum absolute atomic E-state index is 0.0116. The first-order valence-electron chi connectivity index (χ1n) is 1.40. The highest BCUT2D eigenvalue weighted by molar-refractivity contribution is 7.79. The Kier molecular flexibility index (Phi) is 2.70. The van der Waals surface area contributed by atoms with Crippen LogP contribution in [0.2, 0.25) is 0 Å². The van der Waals surface area contributed by atoms with E-state index in [4.69, 9.17) is 5.73 Å². The Hall–Kier alpha value is -0.350. The molecule has 0 aliphatic heterocycles. The summed E-state index contributed by atoms with van der Waals surface area (Å²) in [6.07, 6.45) is 0. The van der Waals surface area contributed by atoms with Gasteiger partial charge in [0.1, 0.15) is 0 Å². The second-order valence-corrected chi connectivity index (χ2v) is 1.03. The van der Waals surface area contributed by atoms with Gasteiger partial charge in [-0.3, -0.25) is 0 Å². The van der Waals surface area contributed by atoms with Crippen molar-refractivity contribution in [1.82, 2.24) is 5.48 Å². The standard InChI is InChI=1S/C2H6N2OS/c1-4-5-2(3)6/h4H,1H3,(H2,3,6). The van der Waals surface area contributed by atoms with Crippen LogP contribution in [0, 0.1) is 0 Å². The van der Waals surface area contributed by atoms with Crippen molar-refractivity contribution < 1.29 is 4.84 Å². The van der Waals surface area contributed by atoms with Crippen LogP contribution in [0.3, 0.4) is 0 Å². The van der Waals surface area contributed by atoms with E-state index in [1.54, 1.807) is 7.05 Å². The second-order valence-electron chi connectivity index (χ2n) is 0.625. The molecule has 0 aromatic carbocycles. The lowest BCUT2D eigenvalue weighted by Gasteiger charge is -1.93. The summed E-state index contributed by atoms with van der Waals surface area (Å²) >= 11 is 4.29. The van der Waals surface area contributed by atoms with Gasteiger partial charge in [-0.05, 0) is 12.2 Å². The van der Waals surface area contributed by atoms with E-state index in [1.165, 1.54) is 0 Å². The monoisotopic (exact) mass is 106 g/mol. The molecule has 0 bridgehead atoms. The van der Waals surface area contributed by atoms with E-state index < -0.39 is 0 Å². The van der Waals surface area contributed by atoms with Crippen molar-refractivity contribution >= 4 is 17.4 Å². The fourth-order valence-corrected chi connectivity index (χ4v) is 0.184. The van der Waals surface area contributed by atoms with E-state index >= 15 is 0 Å². The SMILES string of the molecule is CNOC(N)=S. The minimum Gasteiger partial charge on any atom is -0.379 e. The maximum absolute atomic E-state index is 4.85. The molecule has 36 valence electrons. The number of hydroxylamine groups is 1. The summed E-state index contributed by atoms with van der Waals surface area (Å²) in [6.45, 7) is 0. The summed E-state index contributed by atoms with van der Waals surface area (Å²) < 4.78 is 0. The molecule has 0 aromatic heterocycles. The fourth-order valence-electron chi connectivity index (χ4n) is 0.101. The van der Waals surface area contributed by atoms with Gasteiger partial charge in [-0.2, -0.15) is 5.48 Å². The number of hydrogen-bond acceptors (Lipinski definition) is 3. The molecule has 0 amide bonds. The topological polar surface area (TPSA) is 47.3 Å². The van der Waals surface area contributed by atoms with Crippen molar-refractivity contribution in [3.63, 3.8) is 0 Å². The second kappa shape index (κ2) is 2.87. The molecule has 6 heavy (non-hydrogen) atoms. The molecule has 0 fully saturated rings. The zero-order valence-electron chi connectivity index (χ0n) is 3.39. The molecule has 0 atom stereocenters. The van der Waals surface area contributed by atoms with Gasteiger partial charge in [0.2, 0.25) is 0 Å². The van der Waals surface area contributed by atoms with Crippen LogP contribution in [-0.4, -0.2) is 12.2 Å². The van der Waals surface area contributed by atoms with Crippen LogP contribution in [-0.2, 0) is 4.84 Å². The molecule has 0 radical (unpaired) electrons. The van der Waals surface area contributed by atoms with Crippen LogP contribution in [0.4, 0.5) is 0 Å². The van der Waals surface area contributed by atoms with E-state index in [-0.39, 0.29) is 5.17 Å². The third kappa shape index (κ3) is 3.65. The highest BCUT2D eigenvalue weighted by Crippen LogP contribution is 1.58. The zero-order valence-corrected chi connectivity index (χ0v) is 4.21. The summed E-state index contributed by atoms with van der Waals surface area (Å²) in [4.78, 5) is 4.30. The van der Waals surface area contributed by atoms with Gasteiger partial charge in [0.05, 0.1) is 0 Å². The Bertz CT molecular complexity index is 55.5. The molecular weight excluding hydrogens is 100 g/mol. The van der Waals surface area contributed by atoms with Gasteiger partial charge in [-0.25, -0.2) is 0 Å². The number of hydrogen-bond donors (Lipinski definition) is 2. The first-order valence-corrected chi connectivity index (χ1v) is 1.81. The maximum Gasteiger partial charge on any atom is 0.275 e. The molecule has 3 nitrogen and oxygen atoms in total. The van der Waals surface area contributed by atoms with Gasteiger partial charge < -0.3 is 10.6 Å². The van der Waals surface area contributed by atoms with Crippen LogP contribution in [0.1, 0.15) is 0 Å². The normalized spacial score (nSPS) is 7.50. The van der Waals surface area contributed by atoms with Gasteiger partial charge >= 0.3 is 0 Å². The summed E-state index contributed by atoms with van der Waals surface area (Å²) in [6, 6.07) is 0. The van der Waals surface area contributed by atoms with Crippen LogP contribution >= 0.6 is 12.2 Å². The van der Waals surface area contributed by atoms with Crippen LogP contribution in [0.15, 0.2) is 0 Å². The van der Waals surface area contributed by atoms with Gasteiger partial charge in [0.15, 0.2) is 0 Å². The van der Waals surface area contributed by atoms with Crippen LogP contribution in [0.5, 0.6) is 0 Å². The first kappa shape index (κ1) is 5.65. The lowest BCUT2D eigenvalue weighted by Crippen LogP contribution is -2.20. The van der Waals surface area contributed by atoms with E-state index in [1.807, 2.05) is 0 Å². The molecule has 0 unspecified atom stereocenters. The third-order valence-corrected chi connectivity index (χ3v) is 0.286. The lowest BCUT2D eigenvalue weighted by atomic mass is 11.3. The Labute approximate surface area is 41.4 Å². The Balaban J connectivity index is 2.83. The maximum atomic E-state index is 4.85. The van der Waals surface area contributed by atoms with Crippen molar-refractivity contribution in [3.05, 3.63) is 0 Å². The molecule has 0 spiro atoms. The molecule has 0 heterocycles. The molecule has 0 rings (SSSR count). The number of nitrogens with two attached hydrogens (primary N) is 1. The van der Waals surface area contributed by atoms with Crippen LogP contribution < -0.4 is 11.2 Å². The summed E-state index contributed by atoms with van der Waals surface area (Å²) in [7, 11) is 1.58. The Morgan fingerprint density at radius 3 is 2.50 bits per heavy atom. The predicted molar refractivity (Wildman–Crippen MR) is 26.9 cm³/mol. The van der Waals surface area contributed by atoms with Crippen molar-refractivity contribution in [2.45, 2.75) is 0 Å². The molecule has 4 heteroatoms. The zero-order chi connectivity index (χ0) is 4.99. The van der Waals surface area contributed by atoms with Crippen molar-refractivity contribution in [2.24, 2.45) is 5.73 Å².